The Morgan fingerprint density at radius 2 is 1.47 bits per heavy atom. The van der Waals surface area contributed by atoms with Crippen molar-refractivity contribution in [2.75, 3.05) is 4.90 Å². The molecule has 0 radical (unpaired) electrons. The van der Waals surface area contributed by atoms with Gasteiger partial charge in [0.15, 0.2) is 0 Å². The molecule has 9 heteroatoms. The van der Waals surface area contributed by atoms with E-state index >= 15 is 0 Å². The van der Waals surface area contributed by atoms with Crippen LogP contribution in [0.4, 0.5) is 15.5 Å². The van der Waals surface area contributed by atoms with Gasteiger partial charge in [-0.1, -0.05) is 23.7 Å². The molecule has 0 N–H and O–H groups in total. The van der Waals surface area contributed by atoms with Crippen LogP contribution in [0.3, 0.4) is 0 Å². The van der Waals surface area contributed by atoms with Crippen molar-refractivity contribution >= 4 is 29.7 Å². The van der Waals surface area contributed by atoms with Crippen LogP contribution in [0.2, 0.25) is 5.15 Å². The number of anilines is 1. The Morgan fingerprint density at radius 3 is 1.94 bits per heavy atom. The standard InChI is InChI=1S/C25H34ClN3O5/c1-14(2)32-17-13-11-12-15(3)18(17)19-16(4)20(26)28-21(27-19)29(22(30)33-24(5,6)7)23(31)34-25(8,9)10/h11-14H,1-10H3. The number of imide groups is 1. The predicted molar refractivity (Wildman–Crippen MR) is 133 cm³/mol. The van der Waals surface area contributed by atoms with Gasteiger partial charge in [0.2, 0.25) is 5.95 Å². The van der Waals surface area contributed by atoms with E-state index in [1.807, 2.05) is 39.0 Å². The van der Waals surface area contributed by atoms with Crippen molar-refractivity contribution in [2.24, 2.45) is 0 Å². The van der Waals surface area contributed by atoms with Crippen LogP contribution in [-0.2, 0) is 9.47 Å². The Labute approximate surface area is 206 Å². The normalized spacial score (nSPS) is 11.9. The van der Waals surface area contributed by atoms with E-state index in [0.29, 0.717) is 27.5 Å². The second-order valence-corrected chi connectivity index (χ2v) is 10.6. The third kappa shape index (κ3) is 7.06. The molecule has 0 aliphatic carbocycles. The van der Waals surface area contributed by atoms with Crippen LogP contribution in [0.15, 0.2) is 18.2 Å². The first kappa shape index (κ1) is 27.4. The van der Waals surface area contributed by atoms with Crippen LogP contribution in [0.1, 0.15) is 66.5 Å². The molecule has 0 saturated heterocycles. The van der Waals surface area contributed by atoms with Gasteiger partial charge in [0, 0.05) is 11.1 Å². The third-order valence-electron chi connectivity index (χ3n) is 4.26. The Bertz CT molecular complexity index is 1040. The number of halogens is 1. The molecule has 0 unspecified atom stereocenters. The number of rotatable bonds is 4. The van der Waals surface area contributed by atoms with Crippen LogP contribution in [0.25, 0.3) is 11.3 Å². The average molecular weight is 492 g/mol. The summed E-state index contributed by atoms with van der Waals surface area (Å²) in [7, 11) is 0. The number of amides is 2. The lowest BCUT2D eigenvalue weighted by Gasteiger charge is -2.28. The van der Waals surface area contributed by atoms with Gasteiger partial charge in [-0.3, -0.25) is 0 Å². The van der Waals surface area contributed by atoms with E-state index in [-0.39, 0.29) is 17.2 Å². The summed E-state index contributed by atoms with van der Waals surface area (Å²) in [6, 6.07) is 5.62. The van der Waals surface area contributed by atoms with E-state index < -0.39 is 23.4 Å². The van der Waals surface area contributed by atoms with Gasteiger partial charge in [-0.05, 0) is 80.9 Å². The molecule has 2 aromatic rings. The Balaban J connectivity index is 2.74. The van der Waals surface area contributed by atoms with Crippen molar-refractivity contribution in [1.82, 2.24) is 9.97 Å². The number of hydrogen-bond donors (Lipinski definition) is 0. The highest BCUT2D eigenvalue weighted by molar-refractivity contribution is 6.30. The quantitative estimate of drug-likeness (QED) is 0.430. The maximum atomic E-state index is 13.1. The fraction of sp³-hybridized carbons (Fsp3) is 0.520. The predicted octanol–water partition coefficient (Wildman–Crippen LogP) is 6.88. The van der Waals surface area contributed by atoms with E-state index in [1.54, 1.807) is 48.5 Å². The smallest absolute Gasteiger partial charge is 0.427 e. The number of hydrogen-bond acceptors (Lipinski definition) is 7. The van der Waals surface area contributed by atoms with Crippen molar-refractivity contribution in [3.63, 3.8) is 0 Å². The zero-order valence-electron chi connectivity index (χ0n) is 21.6. The zero-order valence-corrected chi connectivity index (χ0v) is 22.3. The monoisotopic (exact) mass is 491 g/mol. The number of ether oxygens (including phenoxy) is 3. The molecule has 0 fully saturated rings. The molecule has 2 rings (SSSR count). The minimum Gasteiger partial charge on any atom is -0.490 e. The molecule has 0 spiro atoms. The largest absolute Gasteiger partial charge is 0.490 e. The number of benzene rings is 1. The summed E-state index contributed by atoms with van der Waals surface area (Å²) in [6.45, 7) is 17.7. The van der Waals surface area contributed by atoms with Gasteiger partial charge in [0.1, 0.15) is 22.1 Å². The molecular weight excluding hydrogens is 458 g/mol. The summed E-state index contributed by atoms with van der Waals surface area (Å²) in [4.78, 5) is 35.6. The summed E-state index contributed by atoms with van der Waals surface area (Å²) in [6.07, 6.45) is -2.04. The van der Waals surface area contributed by atoms with Gasteiger partial charge in [0.25, 0.3) is 0 Å². The molecule has 1 aromatic heterocycles. The number of aromatic nitrogens is 2. The SMILES string of the molecule is Cc1cccc(OC(C)C)c1-c1nc(N(C(=O)OC(C)(C)C)C(=O)OC(C)(C)C)nc(Cl)c1C. The van der Waals surface area contributed by atoms with Crippen LogP contribution < -0.4 is 9.64 Å². The van der Waals surface area contributed by atoms with Crippen LogP contribution in [0.5, 0.6) is 5.75 Å². The van der Waals surface area contributed by atoms with E-state index in [4.69, 9.17) is 25.8 Å². The molecule has 2 amide bonds. The average Bonchev–Trinajstić information content (AvgIpc) is 2.61. The van der Waals surface area contributed by atoms with Crippen LogP contribution in [0, 0.1) is 13.8 Å². The van der Waals surface area contributed by atoms with E-state index in [1.165, 1.54) is 0 Å². The van der Waals surface area contributed by atoms with Gasteiger partial charge < -0.3 is 14.2 Å². The summed E-state index contributed by atoms with van der Waals surface area (Å²) >= 11 is 6.48. The molecule has 186 valence electrons. The summed E-state index contributed by atoms with van der Waals surface area (Å²) in [5.41, 5.74) is 0.824. The summed E-state index contributed by atoms with van der Waals surface area (Å²) < 4.78 is 16.9. The molecule has 1 aromatic carbocycles. The van der Waals surface area contributed by atoms with Gasteiger partial charge in [-0.25, -0.2) is 14.6 Å². The minimum atomic E-state index is -0.976. The number of carbonyl (C=O) groups is 2. The Morgan fingerprint density at radius 1 is 0.941 bits per heavy atom. The fourth-order valence-corrected chi connectivity index (χ4v) is 3.14. The number of carbonyl (C=O) groups excluding carboxylic acids is 2. The minimum absolute atomic E-state index is 0.0795. The molecule has 0 aliphatic rings. The Hall–Kier alpha value is -2.87. The fourth-order valence-electron chi connectivity index (χ4n) is 2.97. The summed E-state index contributed by atoms with van der Waals surface area (Å²) in [5, 5.41) is 0.0795. The lowest BCUT2D eigenvalue weighted by atomic mass is 10.0. The molecule has 34 heavy (non-hydrogen) atoms. The topological polar surface area (TPSA) is 90.8 Å². The second-order valence-electron chi connectivity index (χ2n) is 10.2. The summed E-state index contributed by atoms with van der Waals surface area (Å²) in [5.74, 6) is 0.341. The lowest BCUT2D eigenvalue weighted by molar-refractivity contribution is 0.0427. The molecule has 0 bridgehead atoms. The molecule has 0 saturated carbocycles. The van der Waals surface area contributed by atoms with Crippen molar-refractivity contribution in [1.29, 1.82) is 0 Å². The van der Waals surface area contributed by atoms with Crippen molar-refractivity contribution in [2.45, 2.75) is 86.5 Å². The molecule has 0 aliphatic heterocycles. The van der Waals surface area contributed by atoms with E-state index in [0.717, 1.165) is 5.56 Å². The second kappa shape index (κ2) is 10.2. The molecule has 1 heterocycles. The van der Waals surface area contributed by atoms with E-state index in [2.05, 4.69) is 9.97 Å². The highest BCUT2D eigenvalue weighted by atomic mass is 35.5. The van der Waals surface area contributed by atoms with E-state index in [9.17, 15) is 9.59 Å². The lowest BCUT2D eigenvalue weighted by Crippen LogP contribution is -2.44. The number of aryl methyl sites for hydroxylation is 1. The maximum Gasteiger partial charge on any atom is 0.427 e. The number of nitrogens with zero attached hydrogens (tertiary/aromatic N) is 3. The highest BCUT2D eigenvalue weighted by Crippen LogP contribution is 2.37. The molecule has 8 nitrogen and oxygen atoms in total. The molecular formula is C25H34ClN3O5. The van der Waals surface area contributed by atoms with Crippen molar-refractivity contribution in [3.8, 4) is 17.0 Å². The van der Waals surface area contributed by atoms with Gasteiger partial charge in [0.05, 0.1) is 11.8 Å². The first-order valence-corrected chi connectivity index (χ1v) is 11.4. The maximum absolute atomic E-state index is 13.1. The first-order valence-electron chi connectivity index (χ1n) is 11.1. The first-order chi connectivity index (χ1) is 15.5. The highest BCUT2D eigenvalue weighted by Gasteiger charge is 2.35. The van der Waals surface area contributed by atoms with Gasteiger partial charge in [-0.2, -0.15) is 4.98 Å². The third-order valence-corrected chi connectivity index (χ3v) is 4.63. The van der Waals surface area contributed by atoms with Crippen LogP contribution in [-0.4, -0.2) is 39.5 Å². The van der Waals surface area contributed by atoms with Crippen molar-refractivity contribution < 1.29 is 23.8 Å². The van der Waals surface area contributed by atoms with Gasteiger partial charge >= 0.3 is 12.2 Å². The van der Waals surface area contributed by atoms with Gasteiger partial charge in [-0.15, -0.1) is 4.90 Å². The molecule has 0 atom stereocenters. The Kier molecular flexibility index (Phi) is 8.19. The zero-order chi connectivity index (χ0) is 26.0. The van der Waals surface area contributed by atoms with Crippen molar-refractivity contribution in [3.05, 3.63) is 34.5 Å². The van der Waals surface area contributed by atoms with Crippen LogP contribution >= 0.6 is 11.6 Å².